The first-order valence-corrected chi connectivity index (χ1v) is 9.76. The maximum absolute atomic E-state index is 13.3. The Hall–Kier alpha value is -1.81. The van der Waals surface area contributed by atoms with Crippen molar-refractivity contribution in [3.05, 3.63) is 29.8 Å². The first-order valence-electron chi connectivity index (χ1n) is 9.76. The average Bonchev–Trinajstić information content (AvgIpc) is 2.91. The van der Waals surface area contributed by atoms with Crippen LogP contribution in [0.3, 0.4) is 0 Å². The summed E-state index contributed by atoms with van der Waals surface area (Å²) in [6.45, 7) is -1.75. The first-order chi connectivity index (χ1) is 13.9. The molecular formula is C20H23F6NO3. The molecule has 2 aliphatic rings. The number of halogens is 6. The molecule has 30 heavy (non-hydrogen) atoms. The summed E-state index contributed by atoms with van der Waals surface area (Å²) in [5, 5.41) is 9.38. The number of aliphatic hydroxyl groups is 1. The molecule has 1 saturated heterocycles. The van der Waals surface area contributed by atoms with E-state index < -0.39 is 36.5 Å². The van der Waals surface area contributed by atoms with Crippen molar-refractivity contribution in [3.8, 4) is 0 Å². The van der Waals surface area contributed by atoms with Gasteiger partial charge in [0.1, 0.15) is 6.61 Å². The van der Waals surface area contributed by atoms with Crippen molar-refractivity contribution in [2.45, 2.75) is 63.0 Å². The molecule has 0 aromatic heterocycles. The fourth-order valence-corrected chi connectivity index (χ4v) is 4.48. The number of hydrogen-bond acceptors (Lipinski definition) is 3. The molecule has 1 unspecified atom stereocenters. The third kappa shape index (κ3) is 4.91. The van der Waals surface area contributed by atoms with Crippen LogP contribution in [-0.2, 0) is 9.53 Å². The topological polar surface area (TPSA) is 49.8 Å². The molecule has 1 spiro atoms. The van der Waals surface area contributed by atoms with E-state index in [1.807, 2.05) is 0 Å². The van der Waals surface area contributed by atoms with Crippen molar-refractivity contribution < 1.29 is 41.0 Å². The zero-order valence-corrected chi connectivity index (χ0v) is 16.1. The highest BCUT2D eigenvalue weighted by Crippen LogP contribution is 2.49. The maximum atomic E-state index is 13.3. The number of ether oxygens (including phenoxy) is 1. The molecule has 0 bridgehead atoms. The minimum absolute atomic E-state index is 0.230. The Bertz CT molecular complexity index is 740. The molecule has 1 aliphatic heterocycles. The van der Waals surface area contributed by atoms with Crippen LogP contribution in [0.25, 0.3) is 0 Å². The second kappa shape index (κ2) is 8.37. The van der Waals surface area contributed by atoms with Crippen LogP contribution in [0.1, 0.15) is 50.2 Å². The molecular weight excluding hydrogens is 416 g/mol. The maximum Gasteiger partial charge on any atom is 0.418 e. The molecule has 1 N–H and O–H groups in total. The molecule has 0 radical (unpaired) electrons. The van der Waals surface area contributed by atoms with Gasteiger partial charge in [-0.15, -0.1) is 0 Å². The highest BCUT2D eigenvalue weighted by Gasteiger charge is 2.52. The fourth-order valence-electron chi connectivity index (χ4n) is 4.48. The molecule has 2 fully saturated rings. The van der Waals surface area contributed by atoms with Gasteiger partial charge in [-0.2, -0.15) is 26.3 Å². The number of benzene rings is 1. The molecule has 3 rings (SSSR count). The molecule has 1 aromatic carbocycles. The van der Waals surface area contributed by atoms with Crippen LogP contribution < -0.4 is 4.90 Å². The van der Waals surface area contributed by atoms with Crippen molar-refractivity contribution in [2.24, 2.45) is 5.41 Å². The van der Waals surface area contributed by atoms with E-state index >= 15 is 0 Å². The molecule has 168 valence electrons. The number of carbonyl (C=O) groups is 1. The highest BCUT2D eigenvalue weighted by atomic mass is 19.4. The van der Waals surface area contributed by atoms with Crippen molar-refractivity contribution in [3.63, 3.8) is 0 Å². The number of amides is 1. The number of nitrogens with zero attached hydrogens (tertiary/aromatic N) is 1. The normalized spacial score (nSPS) is 23.2. The Morgan fingerprint density at radius 3 is 2.20 bits per heavy atom. The van der Waals surface area contributed by atoms with E-state index in [4.69, 9.17) is 4.74 Å². The summed E-state index contributed by atoms with van der Waals surface area (Å²) in [7, 11) is 0. The van der Waals surface area contributed by atoms with Gasteiger partial charge in [0.15, 0.2) is 6.10 Å². The van der Waals surface area contributed by atoms with E-state index in [0.717, 1.165) is 31.4 Å². The number of rotatable bonds is 5. The van der Waals surface area contributed by atoms with E-state index in [0.29, 0.717) is 19.3 Å². The second-order valence-electron chi connectivity index (χ2n) is 8.04. The SMILES string of the molecule is O=C1N(c2ccc([C@@H](O)C(F)(F)F)cc2)C(COCC(F)(F)F)CC12CCCCC2. The van der Waals surface area contributed by atoms with Gasteiger partial charge in [-0.25, -0.2) is 0 Å². The first kappa shape index (κ1) is 22.9. The largest absolute Gasteiger partial charge is 0.418 e. The number of alkyl halides is 6. The van der Waals surface area contributed by atoms with Crippen molar-refractivity contribution >= 4 is 11.6 Å². The van der Waals surface area contributed by atoms with Gasteiger partial charge in [-0.3, -0.25) is 4.79 Å². The third-order valence-electron chi connectivity index (χ3n) is 5.85. The Kier molecular flexibility index (Phi) is 6.38. The lowest BCUT2D eigenvalue weighted by Gasteiger charge is -2.31. The Balaban J connectivity index is 1.83. The van der Waals surface area contributed by atoms with Crippen molar-refractivity contribution in [1.29, 1.82) is 0 Å². The summed E-state index contributed by atoms with van der Waals surface area (Å²) in [6, 6.07) is 4.05. The molecule has 1 saturated carbocycles. The zero-order valence-electron chi connectivity index (χ0n) is 16.1. The summed E-state index contributed by atoms with van der Waals surface area (Å²) in [4.78, 5) is 14.6. The van der Waals surface area contributed by atoms with E-state index in [1.54, 1.807) is 0 Å². The van der Waals surface area contributed by atoms with Crippen molar-refractivity contribution in [2.75, 3.05) is 18.1 Å². The molecule has 4 nitrogen and oxygen atoms in total. The molecule has 10 heteroatoms. The fraction of sp³-hybridized carbons (Fsp3) is 0.650. The Morgan fingerprint density at radius 2 is 1.67 bits per heavy atom. The van der Waals surface area contributed by atoms with Crippen LogP contribution in [0.15, 0.2) is 24.3 Å². The average molecular weight is 439 g/mol. The van der Waals surface area contributed by atoms with Crippen molar-refractivity contribution in [1.82, 2.24) is 0 Å². The lowest BCUT2D eigenvalue weighted by atomic mass is 9.72. The third-order valence-corrected chi connectivity index (χ3v) is 5.85. The van der Waals surface area contributed by atoms with Crippen LogP contribution >= 0.6 is 0 Å². The minimum atomic E-state index is -4.83. The van der Waals surface area contributed by atoms with Gasteiger partial charge in [0.2, 0.25) is 5.91 Å². The number of aliphatic hydroxyl groups excluding tert-OH is 1. The number of anilines is 1. The summed E-state index contributed by atoms with van der Waals surface area (Å²) in [5.74, 6) is -0.230. The van der Waals surface area contributed by atoms with E-state index in [-0.39, 0.29) is 23.8 Å². The lowest BCUT2D eigenvalue weighted by molar-refractivity contribution is -0.206. The molecule has 2 atom stereocenters. The van der Waals surface area contributed by atoms with E-state index in [2.05, 4.69) is 0 Å². The molecule has 1 amide bonds. The summed E-state index contributed by atoms with van der Waals surface area (Å²) >= 11 is 0. The van der Waals surface area contributed by atoms with Crippen LogP contribution in [0.5, 0.6) is 0 Å². The standard InChI is InChI=1S/C20H23F6NO3/c21-19(22,23)12-30-11-15-10-18(8-2-1-3-9-18)17(29)27(15)14-6-4-13(5-7-14)16(28)20(24,25)26/h4-7,15-16,28H,1-3,8-12H2/t15?,16-/m1/s1. The second-order valence-corrected chi connectivity index (χ2v) is 8.04. The van der Waals surface area contributed by atoms with Crippen LogP contribution in [0, 0.1) is 5.41 Å². The van der Waals surface area contributed by atoms with E-state index in [9.17, 15) is 36.2 Å². The molecule has 1 heterocycles. The van der Waals surface area contributed by atoms with Gasteiger partial charge in [0.05, 0.1) is 18.1 Å². The zero-order chi connectivity index (χ0) is 22.2. The van der Waals surface area contributed by atoms with Crippen LogP contribution in [-0.4, -0.2) is 42.6 Å². The quantitative estimate of drug-likeness (QED) is 0.663. The van der Waals surface area contributed by atoms with Gasteiger partial charge < -0.3 is 14.7 Å². The predicted molar refractivity (Wildman–Crippen MR) is 95.7 cm³/mol. The van der Waals surface area contributed by atoms with Gasteiger partial charge >= 0.3 is 12.4 Å². The highest BCUT2D eigenvalue weighted by molar-refractivity contribution is 6.00. The number of carbonyl (C=O) groups excluding carboxylic acids is 1. The monoisotopic (exact) mass is 439 g/mol. The number of hydrogen-bond donors (Lipinski definition) is 1. The lowest BCUT2D eigenvalue weighted by Crippen LogP contribution is -2.39. The van der Waals surface area contributed by atoms with Gasteiger partial charge in [0, 0.05) is 5.69 Å². The van der Waals surface area contributed by atoms with Crippen LogP contribution in [0.2, 0.25) is 0 Å². The predicted octanol–water partition coefficient (Wildman–Crippen LogP) is 4.92. The van der Waals surface area contributed by atoms with Crippen LogP contribution in [0.4, 0.5) is 32.0 Å². The molecule has 1 aromatic rings. The summed E-state index contributed by atoms with van der Waals surface area (Å²) in [6.07, 6.45) is -7.72. The van der Waals surface area contributed by atoms with Gasteiger partial charge in [-0.05, 0) is 37.0 Å². The summed E-state index contributed by atoms with van der Waals surface area (Å²) < 4.78 is 80.4. The van der Waals surface area contributed by atoms with Gasteiger partial charge in [-0.1, -0.05) is 31.4 Å². The Morgan fingerprint density at radius 1 is 1.07 bits per heavy atom. The van der Waals surface area contributed by atoms with Gasteiger partial charge in [0.25, 0.3) is 0 Å². The van der Waals surface area contributed by atoms with E-state index in [1.165, 1.54) is 17.0 Å². The summed E-state index contributed by atoms with van der Waals surface area (Å²) in [5.41, 5.74) is -0.773. The Labute approximate surface area is 169 Å². The minimum Gasteiger partial charge on any atom is -0.379 e. The molecule has 1 aliphatic carbocycles. The smallest absolute Gasteiger partial charge is 0.379 e.